The van der Waals surface area contributed by atoms with Gasteiger partial charge in [-0.25, -0.2) is 4.98 Å². The number of alkyl halides is 2. The maximum absolute atomic E-state index is 11.8. The fourth-order valence-electron chi connectivity index (χ4n) is 2.30. The van der Waals surface area contributed by atoms with E-state index >= 15 is 0 Å². The highest BCUT2D eigenvalue weighted by Crippen LogP contribution is 2.16. The molecule has 0 radical (unpaired) electrons. The molecule has 0 aliphatic carbocycles. The van der Waals surface area contributed by atoms with Gasteiger partial charge in [0.1, 0.15) is 11.6 Å². The number of hydrogen-bond donors (Lipinski definition) is 1. The van der Waals surface area contributed by atoms with Gasteiger partial charge in [-0.3, -0.25) is 0 Å². The molecule has 0 spiro atoms. The van der Waals surface area contributed by atoms with Gasteiger partial charge in [0.25, 0.3) is 0 Å². The van der Waals surface area contributed by atoms with E-state index in [-0.39, 0.29) is 5.75 Å². The standard InChI is InChI=1S/C8H10F2N2O.C8H17N.C2H6/c1-2-11-7-5-6(3-4-12-7)13-8(9)10;1-8(2)9-6-4-3-5-7-9;1-2/h3-5,8H,2H2,1H3,(H,11,12);8H,3-7H2,1-2H3;1-2H3. The van der Waals surface area contributed by atoms with Gasteiger partial charge in [0.15, 0.2) is 0 Å². The second kappa shape index (κ2) is 14.0. The first kappa shape index (κ1) is 22.6. The summed E-state index contributed by atoms with van der Waals surface area (Å²) >= 11 is 0. The summed E-state index contributed by atoms with van der Waals surface area (Å²) in [6, 6.07) is 3.58. The van der Waals surface area contributed by atoms with E-state index in [0.29, 0.717) is 12.4 Å². The lowest BCUT2D eigenvalue weighted by Crippen LogP contribution is -2.35. The van der Waals surface area contributed by atoms with E-state index in [2.05, 4.69) is 33.8 Å². The molecule has 1 aromatic rings. The molecule has 4 nitrogen and oxygen atoms in total. The van der Waals surface area contributed by atoms with Crippen molar-refractivity contribution in [3.8, 4) is 5.75 Å². The van der Waals surface area contributed by atoms with Gasteiger partial charge in [-0.05, 0) is 52.8 Å². The van der Waals surface area contributed by atoms with Crippen LogP contribution in [0.4, 0.5) is 14.6 Å². The summed E-state index contributed by atoms with van der Waals surface area (Å²) in [5, 5.41) is 2.89. The van der Waals surface area contributed by atoms with E-state index in [4.69, 9.17) is 0 Å². The second-order valence-electron chi connectivity index (χ2n) is 5.48. The van der Waals surface area contributed by atoms with Crippen LogP contribution in [0.25, 0.3) is 0 Å². The SMILES string of the molecule is CC.CC(C)N1CCCCC1.CCNc1cc(OC(F)F)ccn1. The Morgan fingerprint density at radius 2 is 1.83 bits per heavy atom. The van der Waals surface area contributed by atoms with Crippen LogP contribution < -0.4 is 10.1 Å². The monoisotopic (exact) mass is 345 g/mol. The Morgan fingerprint density at radius 3 is 2.29 bits per heavy atom. The lowest BCUT2D eigenvalue weighted by molar-refractivity contribution is -0.0498. The zero-order valence-electron chi connectivity index (χ0n) is 15.7. The third-order valence-corrected chi connectivity index (χ3v) is 3.44. The molecule has 0 saturated carbocycles. The van der Waals surface area contributed by atoms with Gasteiger partial charge in [-0.2, -0.15) is 8.78 Å². The van der Waals surface area contributed by atoms with Crippen LogP contribution in [-0.2, 0) is 0 Å². The van der Waals surface area contributed by atoms with Crippen LogP contribution in [0.5, 0.6) is 5.75 Å². The van der Waals surface area contributed by atoms with Gasteiger partial charge in [0, 0.05) is 24.8 Å². The predicted octanol–water partition coefficient (Wildman–Crippen LogP) is 5.02. The minimum atomic E-state index is -2.79. The van der Waals surface area contributed by atoms with Gasteiger partial charge in [-0.1, -0.05) is 20.3 Å². The normalized spacial score (nSPS) is 14.4. The summed E-state index contributed by atoms with van der Waals surface area (Å²) in [5.41, 5.74) is 0. The van der Waals surface area contributed by atoms with Crippen molar-refractivity contribution in [2.24, 2.45) is 0 Å². The van der Waals surface area contributed by atoms with Crippen LogP contribution in [-0.4, -0.2) is 42.2 Å². The fraction of sp³-hybridized carbons (Fsp3) is 0.722. The summed E-state index contributed by atoms with van der Waals surface area (Å²) in [6.45, 7) is 11.0. The first-order valence-corrected chi connectivity index (χ1v) is 8.91. The zero-order chi connectivity index (χ0) is 18.4. The lowest BCUT2D eigenvalue weighted by Gasteiger charge is -2.29. The topological polar surface area (TPSA) is 37.4 Å². The zero-order valence-corrected chi connectivity index (χ0v) is 15.7. The van der Waals surface area contributed by atoms with Crippen LogP contribution in [0.15, 0.2) is 18.3 Å². The quantitative estimate of drug-likeness (QED) is 0.813. The first-order chi connectivity index (χ1) is 11.5. The Labute approximate surface area is 145 Å². The molecular weight excluding hydrogens is 312 g/mol. The summed E-state index contributed by atoms with van der Waals surface area (Å²) in [5.74, 6) is 0.640. The summed E-state index contributed by atoms with van der Waals surface area (Å²) in [7, 11) is 0. The Morgan fingerprint density at radius 1 is 1.21 bits per heavy atom. The number of nitrogens with one attached hydrogen (secondary N) is 1. The van der Waals surface area contributed by atoms with Crippen molar-refractivity contribution < 1.29 is 13.5 Å². The van der Waals surface area contributed by atoms with Crippen molar-refractivity contribution in [1.82, 2.24) is 9.88 Å². The maximum atomic E-state index is 11.8. The number of nitrogens with zero attached hydrogens (tertiary/aromatic N) is 2. The van der Waals surface area contributed by atoms with E-state index in [1.165, 1.54) is 50.7 Å². The molecule has 1 saturated heterocycles. The van der Waals surface area contributed by atoms with Crippen LogP contribution in [0.2, 0.25) is 0 Å². The van der Waals surface area contributed by atoms with E-state index < -0.39 is 6.61 Å². The van der Waals surface area contributed by atoms with Gasteiger partial charge < -0.3 is 15.0 Å². The van der Waals surface area contributed by atoms with Crippen LogP contribution in [0.3, 0.4) is 0 Å². The highest BCUT2D eigenvalue weighted by atomic mass is 19.3. The average Bonchev–Trinajstić information content (AvgIpc) is 2.58. The number of halogens is 2. The molecule has 0 unspecified atom stereocenters. The molecule has 140 valence electrons. The fourth-order valence-corrected chi connectivity index (χ4v) is 2.30. The highest BCUT2D eigenvalue weighted by molar-refractivity contribution is 5.40. The third kappa shape index (κ3) is 10.4. The van der Waals surface area contributed by atoms with E-state index in [1.807, 2.05) is 20.8 Å². The highest BCUT2D eigenvalue weighted by Gasteiger charge is 2.11. The number of ether oxygens (including phenoxy) is 1. The van der Waals surface area contributed by atoms with Gasteiger partial charge in [0.05, 0.1) is 0 Å². The predicted molar refractivity (Wildman–Crippen MR) is 96.9 cm³/mol. The Kier molecular flexibility index (Phi) is 13.1. The molecule has 1 aliphatic rings. The molecule has 0 amide bonds. The summed E-state index contributed by atoms with van der Waals surface area (Å²) in [6.07, 6.45) is 5.69. The van der Waals surface area contributed by atoms with Crippen molar-refractivity contribution >= 4 is 5.82 Å². The van der Waals surface area contributed by atoms with Crippen LogP contribution in [0, 0.1) is 0 Å². The van der Waals surface area contributed by atoms with E-state index in [1.54, 1.807) is 0 Å². The van der Waals surface area contributed by atoms with Gasteiger partial charge >= 0.3 is 6.61 Å². The summed E-state index contributed by atoms with van der Waals surface area (Å²) < 4.78 is 27.7. The Balaban J connectivity index is 0.000000420. The number of likely N-dealkylation sites (tertiary alicyclic amines) is 1. The number of piperidine rings is 1. The number of pyridine rings is 1. The Hall–Kier alpha value is -1.43. The number of hydrogen-bond acceptors (Lipinski definition) is 4. The number of anilines is 1. The molecule has 1 aromatic heterocycles. The first-order valence-electron chi connectivity index (χ1n) is 8.91. The molecule has 2 rings (SSSR count). The van der Waals surface area contributed by atoms with Crippen LogP contribution in [0.1, 0.15) is 53.9 Å². The summed E-state index contributed by atoms with van der Waals surface area (Å²) in [4.78, 5) is 6.46. The average molecular weight is 345 g/mol. The molecule has 1 fully saturated rings. The molecule has 0 bridgehead atoms. The minimum absolute atomic E-state index is 0.112. The second-order valence-corrected chi connectivity index (χ2v) is 5.48. The molecule has 24 heavy (non-hydrogen) atoms. The van der Waals surface area contributed by atoms with Crippen molar-refractivity contribution in [2.45, 2.75) is 66.5 Å². The smallest absolute Gasteiger partial charge is 0.387 e. The van der Waals surface area contributed by atoms with Crippen molar-refractivity contribution in [3.63, 3.8) is 0 Å². The van der Waals surface area contributed by atoms with Crippen molar-refractivity contribution in [2.75, 3.05) is 25.0 Å². The van der Waals surface area contributed by atoms with Crippen molar-refractivity contribution in [3.05, 3.63) is 18.3 Å². The van der Waals surface area contributed by atoms with E-state index in [0.717, 1.165) is 6.04 Å². The largest absolute Gasteiger partial charge is 0.435 e. The molecular formula is C18H33F2N3O. The molecule has 6 heteroatoms. The van der Waals surface area contributed by atoms with Crippen LogP contribution >= 0.6 is 0 Å². The molecule has 0 aromatic carbocycles. The molecule has 0 atom stereocenters. The minimum Gasteiger partial charge on any atom is -0.435 e. The van der Waals surface area contributed by atoms with Crippen molar-refractivity contribution in [1.29, 1.82) is 0 Å². The molecule has 2 heterocycles. The van der Waals surface area contributed by atoms with E-state index in [9.17, 15) is 8.78 Å². The van der Waals surface area contributed by atoms with Gasteiger partial charge in [0.2, 0.25) is 0 Å². The maximum Gasteiger partial charge on any atom is 0.387 e. The number of rotatable bonds is 5. The third-order valence-electron chi connectivity index (χ3n) is 3.44. The Bertz CT molecular complexity index is 411. The number of aromatic nitrogens is 1. The molecule has 1 N–H and O–H groups in total. The lowest BCUT2D eigenvalue weighted by atomic mass is 10.1. The molecule has 1 aliphatic heterocycles. The van der Waals surface area contributed by atoms with Gasteiger partial charge in [-0.15, -0.1) is 0 Å².